The predicted octanol–water partition coefficient (Wildman–Crippen LogP) is 2.76. The highest BCUT2D eigenvalue weighted by molar-refractivity contribution is 6.66. The van der Waals surface area contributed by atoms with Crippen LogP contribution in [0.15, 0.2) is 0 Å². The third kappa shape index (κ3) is 2.41. The predicted molar refractivity (Wildman–Crippen MR) is 59.8 cm³/mol. The van der Waals surface area contributed by atoms with Gasteiger partial charge in [0.1, 0.15) is 5.82 Å². The number of halogens is 3. The number of alkyl halides is 3. The minimum absolute atomic E-state index is 0.120. The molecule has 0 unspecified atom stereocenters. The number of aromatic nitrogens is 2. The van der Waals surface area contributed by atoms with Crippen LogP contribution in [0.2, 0.25) is 0 Å². The number of nitrogens with two attached hydrogens (primary N) is 1. The van der Waals surface area contributed by atoms with E-state index in [1.165, 1.54) is 0 Å². The maximum atomic E-state index is 5.70. The van der Waals surface area contributed by atoms with E-state index in [0.29, 0.717) is 5.82 Å². The van der Waals surface area contributed by atoms with Crippen LogP contribution in [0.25, 0.3) is 0 Å². The zero-order valence-corrected chi connectivity index (χ0v) is 10.1. The van der Waals surface area contributed by atoms with Crippen LogP contribution in [0.5, 0.6) is 0 Å². The summed E-state index contributed by atoms with van der Waals surface area (Å²) in [4.78, 5) is 8.04. The van der Waals surface area contributed by atoms with Gasteiger partial charge in [-0.2, -0.15) is 0 Å². The summed E-state index contributed by atoms with van der Waals surface area (Å²) in [5.41, 5.74) is 7.35. The lowest BCUT2D eigenvalue weighted by molar-refractivity contribution is 0.911. The molecule has 1 aromatic rings. The summed E-state index contributed by atoms with van der Waals surface area (Å²) >= 11 is 16.9. The van der Waals surface area contributed by atoms with Crippen molar-refractivity contribution in [1.29, 1.82) is 0 Å². The number of hydrogen-bond acceptors (Lipinski definition) is 3. The number of nitrogens with zero attached hydrogens (tertiary/aromatic N) is 2. The normalized spacial score (nSPS) is 11.8. The van der Waals surface area contributed by atoms with Gasteiger partial charge in [0.2, 0.25) is 3.79 Å². The first-order valence-electron chi connectivity index (χ1n) is 4.06. The minimum atomic E-state index is -1.62. The highest BCUT2D eigenvalue weighted by Crippen LogP contribution is 2.36. The van der Waals surface area contributed by atoms with Crippen molar-refractivity contribution in [2.75, 3.05) is 5.73 Å². The topological polar surface area (TPSA) is 51.8 Å². The molecule has 0 spiro atoms. The summed E-state index contributed by atoms with van der Waals surface area (Å²) in [6, 6.07) is 0. The summed E-state index contributed by atoms with van der Waals surface area (Å²) in [7, 11) is 0. The molecule has 0 atom stereocenters. The van der Waals surface area contributed by atoms with E-state index < -0.39 is 3.79 Å². The molecule has 0 aliphatic rings. The van der Waals surface area contributed by atoms with Crippen LogP contribution in [0.1, 0.15) is 24.0 Å². The van der Waals surface area contributed by atoms with Crippen LogP contribution in [-0.4, -0.2) is 9.97 Å². The molecular formula is C8H10Cl3N3. The highest BCUT2D eigenvalue weighted by atomic mass is 35.6. The van der Waals surface area contributed by atoms with Crippen LogP contribution in [0.3, 0.4) is 0 Å². The smallest absolute Gasteiger partial charge is 0.250 e. The number of rotatable bonds is 1. The summed E-state index contributed by atoms with van der Waals surface area (Å²) in [5, 5.41) is 0. The molecule has 0 aliphatic carbocycles. The van der Waals surface area contributed by atoms with Crippen LogP contribution < -0.4 is 5.73 Å². The van der Waals surface area contributed by atoms with Gasteiger partial charge >= 0.3 is 0 Å². The Morgan fingerprint density at radius 2 is 1.86 bits per heavy atom. The van der Waals surface area contributed by atoms with E-state index in [1.807, 2.05) is 13.8 Å². The maximum Gasteiger partial charge on any atom is 0.250 e. The van der Waals surface area contributed by atoms with Crippen LogP contribution in [0, 0.1) is 6.92 Å². The Kier molecular flexibility index (Phi) is 3.45. The Balaban J connectivity index is 3.28. The van der Waals surface area contributed by atoms with Gasteiger partial charge < -0.3 is 5.73 Å². The molecule has 0 saturated heterocycles. The standard InChI is InChI=1S/C8H10Cl3N3/c1-3-5-4(2)13-7(8(9,10)11)14-6(5)12/h3H2,1-2H3,(H2,12,13,14). The number of aryl methyl sites for hydroxylation is 1. The van der Waals surface area contributed by atoms with Gasteiger partial charge in [0.25, 0.3) is 0 Å². The van der Waals surface area contributed by atoms with Crippen molar-refractivity contribution in [3.05, 3.63) is 17.1 Å². The fraction of sp³-hybridized carbons (Fsp3) is 0.500. The van der Waals surface area contributed by atoms with Crippen LogP contribution >= 0.6 is 34.8 Å². The van der Waals surface area contributed by atoms with Gasteiger partial charge in [-0.15, -0.1) is 0 Å². The van der Waals surface area contributed by atoms with Crippen LogP contribution in [-0.2, 0) is 10.2 Å². The summed E-state index contributed by atoms with van der Waals surface area (Å²) in [6.07, 6.45) is 0.762. The average Bonchev–Trinajstić information content (AvgIpc) is 2.01. The molecule has 3 nitrogen and oxygen atoms in total. The third-order valence-electron chi connectivity index (χ3n) is 1.85. The molecule has 78 valence electrons. The number of nitrogen functional groups attached to an aromatic ring is 1. The minimum Gasteiger partial charge on any atom is -0.383 e. The van der Waals surface area contributed by atoms with E-state index >= 15 is 0 Å². The van der Waals surface area contributed by atoms with Crippen molar-refractivity contribution in [3.8, 4) is 0 Å². The Morgan fingerprint density at radius 3 is 2.21 bits per heavy atom. The molecule has 1 heterocycles. The largest absolute Gasteiger partial charge is 0.383 e. The first kappa shape index (κ1) is 11.8. The number of anilines is 1. The zero-order chi connectivity index (χ0) is 10.9. The van der Waals surface area contributed by atoms with Gasteiger partial charge in [-0.1, -0.05) is 41.7 Å². The van der Waals surface area contributed by atoms with Crippen molar-refractivity contribution < 1.29 is 0 Å². The van der Waals surface area contributed by atoms with Gasteiger partial charge in [0.15, 0.2) is 5.82 Å². The second-order valence-electron chi connectivity index (χ2n) is 2.85. The zero-order valence-electron chi connectivity index (χ0n) is 7.81. The lowest BCUT2D eigenvalue weighted by Gasteiger charge is -2.13. The van der Waals surface area contributed by atoms with E-state index in [-0.39, 0.29) is 5.82 Å². The molecular weight excluding hydrogens is 244 g/mol. The Bertz CT molecular complexity index is 323. The molecule has 0 aliphatic heterocycles. The third-order valence-corrected chi connectivity index (χ3v) is 2.36. The molecule has 1 aromatic heterocycles. The first-order chi connectivity index (χ1) is 6.36. The molecule has 0 saturated carbocycles. The van der Waals surface area contributed by atoms with Gasteiger partial charge in [-0.25, -0.2) is 9.97 Å². The molecule has 0 amide bonds. The summed E-state index contributed by atoms with van der Waals surface area (Å²) in [5.74, 6) is 0.496. The second-order valence-corrected chi connectivity index (χ2v) is 5.13. The van der Waals surface area contributed by atoms with E-state index in [0.717, 1.165) is 17.7 Å². The Labute approximate surface area is 97.6 Å². The molecule has 0 fully saturated rings. The second kappa shape index (κ2) is 4.09. The van der Waals surface area contributed by atoms with Crippen LogP contribution in [0.4, 0.5) is 5.82 Å². The molecule has 0 bridgehead atoms. The maximum absolute atomic E-state index is 5.70. The van der Waals surface area contributed by atoms with Crippen molar-refractivity contribution in [3.63, 3.8) is 0 Å². The van der Waals surface area contributed by atoms with Crippen molar-refractivity contribution >= 4 is 40.6 Å². The Morgan fingerprint density at radius 1 is 1.29 bits per heavy atom. The molecule has 2 N–H and O–H groups in total. The first-order valence-corrected chi connectivity index (χ1v) is 5.19. The van der Waals surface area contributed by atoms with Gasteiger partial charge in [-0.05, 0) is 13.3 Å². The van der Waals surface area contributed by atoms with Crippen molar-refractivity contribution in [1.82, 2.24) is 9.97 Å². The van der Waals surface area contributed by atoms with E-state index in [1.54, 1.807) is 0 Å². The van der Waals surface area contributed by atoms with Crippen molar-refractivity contribution in [2.45, 2.75) is 24.1 Å². The summed E-state index contributed by atoms with van der Waals surface area (Å²) < 4.78 is -1.62. The monoisotopic (exact) mass is 253 g/mol. The average molecular weight is 255 g/mol. The van der Waals surface area contributed by atoms with E-state index in [2.05, 4.69) is 9.97 Å². The lowest BCUT2D eigenvalue weighted by Crippen LogP contribution is -2.12. The van der Waals surface area contributed by atoms with Gasteiger partial charge in [0.05, 0.1) is 0 Å². The molecule has 1 rings (SSSR count). The van der Waals surface area contributed by atoms with Crippen molar-refractivity contribution in [2.24, 2.45) is 0 Å². The van der Waals surface area contributed by atoms with Gasteiger partial charge in [-0.3, -0.25) is 0 Å². The highest BCUT2D eigenvalue weighted by Gasteiger charge is 2.27. The molecule has 0 radical (unpaired) electrons. The molecule has 14 heavy (non-hydrogen) atoms. The molecule has 0 aromatic carbocycles. The van der Waals surface area contributed by atoms with E-state index in [4.69, 9.17) is 40.5 Å². The fourth-order valence-electron chi connectivity index (χ4n) is 1.18. The quantitative estimate of drug-likeness (QED) is 0.784. The van der Waals surface area contributed by atoms with E-state index in [9.17, 15) is 0 Å². The fourth-order valence-corrected chi connectivity index (χ4v) is 1.44. The number of hydrogen-bond donors (Lipinski definition) is 1. The van der Waals surface area contributed by atoms with Gasteiger partial charge in [0, 0.05) is 11.3 Å². The SMILES string of the molecule is CCc1c(C)nc(C(Cl)(Cl)Cl)nc1N. The lowest BCUT2D eigenvalue weighted by atomic mass is 10.2. The molecule has 6 heteroatoms. The Hall–Kier alpha value is -0.250. The summed E-state index contributed by atoms with van der Waals surface area (Å²) in [6.45, 7) is 3.79.